The first-order chi connectivity index (χ1) is 14.7. The van der Waals surface area contributed by atoms with Gasteiger partial charge in [-0.2, -0.15) is 10.1 Å². The molecule has 4 aromatic rings. The van der Waals surface area contributed by atoms with Crippen LogP contribution >= 0.6 is 0 Å². The monoisotopic (exact) mass is 400 g/mol. The molecule has 7 heteroatoms. The van der Waals surface area contributed by atoms with E-state index in [1.54, 1.807) is 6.20 Å². The van der Waals surface area contributed by atoms with E-state index in [-0.39, 0.29) is 0 Å². The average molecular weight is 400 g/mol. The van der Waals surface area contributed by atoms with E-state index >= 15 is 0 Å². The maximum Gasteiger partial charge on any atom is 0.258 e. The number of nitrogens with zero attached hydrogens (tertiary/aromatic N) is 5. The van der Waals surface area contributed by atoms with Crippen molar-refractivity contribution in [2.45, 2.75) is 6.54 Å². The predicted octanol–water partition coefficient (Wildman–Crippen LogP) is 3.54. The molecule has 0 amide bonds. The van der Waals surface area contributed by atoms with Crippen molar-refractivity contribution in [1.82, 2.24) is 30.1 Å². The Morgan fingerprint density at radius 3 is 2.50 bits per heavy atom. The van der Waals surface area contributed by atoms with Gasteiger partial charge >= 0.3 is 0 Å². The van der Waals surface area contributed by atoms with Crippen molar-refractivity contribution in [2.24, 2.45) is 0 Å². The van der Waals surface area contributed by atoms with Crippen LogP contribution in [0.2, 0.25) is 0 Å². The number of aromatic amines is 1. The van der Waals surface area contributed by atoms with Crippen molar-refractivity contribution >= 4 is 0 Å². The number of hydrogen-bond donors (Lipinski definition) is 1. The number of H-pyrrole nitrogens is 1. The second-order valence-electron chi connectivity index (χ2n) is 7.75. The fraction of sp³-hybridized carbons (Fsp3) is 0.261. The van der Waals surface area contributed by atoms with Crippen molar-refractivity contribution in [1.29, 1.82) is 0 Å². The smallest absolute Gasteiger partial charge is 0.258 e. The maximum absolute atomic E-state index is 5.54. The third-order valence-electron chi connectivity index (χ3n) is 5.56. The summed E-state index contributed by atoms with van der Waals surface area (Å²) in [6.45, 7) is 5.38. The molecule has 1 N–H and O–H groups in total. The normalized spacial score (nSPS) is 15.5. The molecule has 0 saturated carbocycles. The molecule has 1 aliphatic heterocycles. The highest BCUT2D eigenvalue weighted by atomic mass is 16.5. The third-order valence-corrected chi connectivity index (χ3v) is 5.56. The largest absolute Gasteiger partial charge is 0.334 e. The van der Waals surface area contributed by atoms with E-state index in [2.05, 4.69) is 55.4 Å². The third kappa shape index (κ3) is 4.03. The van der Waals surface area contributed by atoms with Crippen LogP contribution in [-0.2, 0) is 6.54 Å². The Morgan fingerprint density at radius 2 is 1.73 bits per heavy atom. The lowest BCUT2D eigenvalue weighted by Crippen LogP contribution is -2.43. The summed E-state index contributed by atoms with van der Waals surface area (Å²) in [4.78, 5) is 9.48. The van der Waals surface area contributed by atoms with Crippen LogP contribution in [0.15, 0.2) is 65.3 Å². The zero-order valence-corrected chi connectivity index (χ0v) is 17.0. The molecule has 0 atom stereocenters. The Morgan fingerprint density at radius 1 is 0.933 bits per heavy atom. The first-order valence-corrected chi connectivity index (χ1v) is 10.2. The Kier molecular flexibility index (Phi) is 5.13. The molecule has 0 bridgehead atoms. The van der Waals surface area contributed by atoms with E-state index in [1.807, 2.05) is 36.4 Å². The second kappa shape index (κ2) is 8.22. The molecule has 1 fully saturated rings. The summed E-state index contributed by atoms with van der Waals surface area (Å²) >= 11 is 0. The zero-order chi connectivity index (χ0) is 20.3. The van der Waals surface area contributed by atoms with Crippen LogP contribution in [0.25, 0.3) is 34.1 Å². The molecule has 3 heterocycles. The highest BCUT2D eigenvalue weighted by molar-refractivity contribution is 5.65. The van der Waals surface area contributed by atoms with Crippen LogP contribution in [0.5, 0.6) is 0 Å². The average Bonchev–Trinajstić information content (AvgIpc) is 3.48. The quantitative estimate of drug-likeness (QED) is 0.552. The molecule has 2 aromatic carbocycles. The van der Waals surface area contributed by atoms with Gasteiger partial charge in [0.15, 0.2) is 0 Å². The van der Waals surface area contributed by atoms with Gasteiger partial charge in [0, 0.05) is 50.0 Å². The van der Waals surface area contributed by atoms with Crippen molar-refractivity contribution in [3.63, 3.8) is 0 Å². The molecule has 1 aliphatic rings. The van der Waals surface area contributed by atoms with Crippen LogP contribution in [-0.4, -0.2) is 63.4 Å². The lowest BCUT2D eigenvalue weighted by Gasteiger charge is -2.32. The van der Waals surface area contributed by atoms with Gasteiger partial charge in [-0.25, -0.2) is 0 Å². The molecular weight excluding hydrogens is 376 g/mol. The number of benzene rings is 2. The summed E-state index contributed by atoms with van der Waals surface area (Å²) in [7, 11) is 2.18. The predicted molar refractivity (Wildman–Crippen MR) is 116 cm³/mol. The summed E-state index contributed by atoms with van der Waals surface area (Å²) in [5.74, 6) is 1.13. The Labute approximate surface area is 175 Å². The molecule has 152 valence electrons. The number of nitrogens with one attached hydrogen (secondary N) is 1. The Balaban J connectivity index is 1.31. The van der Waals surface area contributed by atoms with Gasteiger partial charge in [-0.1, -0.05) is 35.5 Å². The van der Waals surface area contributed by atoms with Gasteiger partial charge in [0.1, 0.15) is 0 Å². The Bertz CT molecular complexity index is 1090. The van der Waals surface area contributed by atoms with Gasteiger partial charge in [-0.3, -0.25) is 10.00 Å². The molecule has 0 radical (unpaired) electrons. The van der Waals surface area contributed by atoms with Crippen molar-refractivity contribution in [3.05, 3.63) is 66.4 Å². The first kappa shape index (κ1) is 18.7. The lowest BCUT2D eigenvalue weighted by atomic mass is 10.1. The van der Waals surface area contributed by atoms with Gasteiger partial charge in [0.2, 0.25) is 5.82 Å². The number of piperazine rings is 1. The van der Waals surface area contributed by atoms with Crippen LogP contribution < -0.4 is 0 Å². The zero-order valence-electron chi connectivity index (χ0n) is 17.0. The topological polar surface area (TPSA) is 74.1 Å². The van der Waals surface area contributed by atoms with Gasteiger partial charge in [0.25, 0.3) is 5.89 Å². The molecule has 2 aromatic heterocycles. The number of aromatic nitrogens is 4. The van der Waals surface area contributed by atoms with E-state index in [1.165, 1.54) is 5.56 Å². The first-order valence-electron chi connectivity index (χ1n) is 10.2. The summed E-state index contributed by atoms with van der Waals surface area (Å²) in [6, 6.07) is 18.4. The molecule has 30 heavy (non-hydrogen) atoms. The van der Waals surface area contributed by atoms with E-state index in [0.29, 0.717) is 11.7 Å². The minimum absolute atomic E-state index is 0.519. The van der Waals surface area contributed by atoms with E-state index in [9.17, 15) is 0 Å². The van der Waals surface area contributed by atoms with Crippen LogP contribution in [0.1, 0.15) is 5.56 Å². The number of rotatable bonds is 5. The minimum atomic E-state index is 0.519. The summed E-state index contributed by atoms with van der Waals surface area (Å²) in [5.41, 5.74) is 5.18. The molecule has 7 nitrogen and oxygen atoms in total. The molecule has 0 spiro atoms. The van der Waals surface area contributed by atoms with Crippen molar-refractivity contribution < 1.29 is 4.52 Å². The van der Waals surface area contributed by atoms with E-state index in [0.717, 1.165) is 55.1 Å². The van der Waals surface area contributed by atoms with E-state index < -0.39 is 0 Å². The van der Waals surface area contributed by atoms with Crippen molar-refractivity contribution in [3.8, 4) is 34.1 Å². The molecule has 5 rings (SSSR count). The molecule has 0 aliphatic carbocycles. The summed E-state index contributed by atoms with van der Waals surface area (Å²) in [5, 5.41) is 11.2. The molecule has 0 unspecified atom stereocenters. The van der Waals surface area contributed by atoms with Crippen molar-refractivity contribution in [2.75, 3.05) is 33.2 Å². The fourth-order valence-corrected chi connectivity index (χ4v) is 3.74. The Hall–Kier alpha value is -3.29. The number of hydrogen-bond acceptors (Lipinski definition) is 6. The summed E-state index contributed by atoms with van der Waals surface area (Å²) < 4.78 is 5.54. The second-order valence-corrected chi connectivity index (χ2v) is 7.75. The molecule has 1 saturated heterocycles. The maximum atomic E-state index is 5.54. The SMILES string of the molecule is CN1CCN(Cc2cccc(-c3noc(-c4ccc(-c5ccn[nH]5)cc4)n3)c2)CC1. The van der Waals surface area contributed by atoms with Gasteiger partial charge in [-0.05, 0) is 42.4 Å². The molecular formula is C23H24N6O. The highest BCUT2D eigenvalue weighted by Crippen LogP contribution is 2.25. The van der Waals surface area contributed by atoms with Gasteiger partial charge < -0.3 is 9.42 Å². The number of likely N-dealkylation sites (N-methyl/N-ethyl adjacent to an activating group) is 1. The highest BCUT2D eigenvalue weighted by Gasteiger charge is 2.15. The van der Waals surface area contributed by atoms with E-state index in [4.69, 9.17) is 4.52 Å². The fourth-order valence-electron chi connectivity index (χ4n) is 3.74. The van der Waals surface area contributed by atoms with Gasteiger partial charge in [0.05, 0.1) is 5.69 Å². The van der Waals surface area contributed by atoms with Crippen LogP contribution in [0, 0.1) is 0 Å². The van der Waals surface area contributed by atoms with Gasteiger partial charge in [-0.15, -0.1) is 0 Å². The lowest BCUT2D eigenvalue weighted by molar-refractivity contribution is 0.148. The summed E-state index contributed by atoms with van der Waals surface area (Å²) in [6.07, 6.45) is 1.74. The standard InChI is InChI=1S/C23H24N6O/c1-28-11-13-29(14-12-28)16-17-3-2-4-20(15-17)22-25-23(30-27-22)19-7-5-18(6-8-19)21-9-10-24-26-21/h2-10,15H,11-14,16H2,1H3,(H,24,26). The van der Waals surface area contributed by atoms with Crippen LogP contribution in [0.4, 0.5) is 0 Å². The van der Waals surface area contributed by atoms with Crippen LogP contribution in [0.3, 0.4) is 0 Å². The minimum Gasteiger partial charge on any atom is -0.334 e.